The van der Waals surface area contributed by atoms with Crippen molar-refractivity contribution in [2.45, 2.75) is 26.0 Å². The summed E-state index contributed by atoms with van der Waals surface area (Å²) in [6.07, 6.45) is 0.787. The number of nitrogens with one attached hydrogen (secondary N) is 2. The molecule has 0 aliphatic carbocycles. The number of oxazole rings is 1. The van der Waals surface area contributed by atoms with Crippen molar-refractivity contribution >= 4 is 22.7 Å². The highest BCUT2D eigenvalue weighted by molar-refractivity contribution is 5.98. The first-order valence-electron chi connectivity index (χ1n) is 8.57. The minimum atomic E-state index is -0.861. The average Bonchev–Trinajstić information content (AvgIpc) is 3.33. The van der Waals surface area contributed by atoms with Gasteiger partial charge in [-0.2, -0.15) is 5.10 Å². The summed E-state index contributed by atoms with van der Waals surface area (Å²) in [4.78, 5) is 30.7. The Balaban J connectivity index is 1.46. The summed E-state index contributed by atoms with van der Waals surface area (Å²) in [5, 5.41) is 20.6. The number of carbonyl (C=O) groups excluding carboxylic acids is 2. The molecule has 1 aromatic carbocycles. The number of aliphatic hydroxyl groups is 1. The van der Waals surface area contributed by atoms with E-state index in [0.717, 1.165) is 10.9 Å². The van der Waals surface area contributed by atoms with Crippen molar-refractivity contribution in [2.75, 3.05) is 13.1 Å². The topological polar surface area (TPSA) is 124 Å². The summed E-state index contributed by atoms with van der Waals surface area (Å²) in [5.74, 6) is -0.141. The van der Waals surface area contributed by atoms with Crippen molar-refractivity contribution in [3.63, 3.8) is 0 Å². The first-order chi connectivity index (χ1) is 12.9. The molecule has 9 nitrogen and oxygen atoms in total. The molecular weight excluding hydrogens is 350 g/mol. The fourth-order valence-electron chi connectivity index (χ4n) is 3.33. The molecule has 1 aliphatic heterocycles. The van der Waals surface area contributed by atoms with Crippen molar-refractivity contribution in [3.8, 4) is 0 Å². The predicted octanol–water partition coefficient (Wildman–Crippen LogP) is 0.783. The van der Waals surface area contributed by atoms with E-state index < -0.39 is 18.1 Å². The molecule has 4 rings (SSSR count). The second-order valence-electron chi connectivity index (χ2n) is 6.68. The number of likely N-dealkylation sites (tertiary alicyclic amines) is 1. The molecular formula is C18H19N5O4. The van der Waals surface area contributed by atoms with Gasteiger partial charge in [0.15, 0.2) is 5.89 Å². The van der Waals surface area contributed by atoms with E-state index in [1.165, 1.54) is 4.90 Å². The maximum Gasteiger partial charge on any atom is 0.289 e. The largest absolute Gasteiger partial charge is 0.436 e. The van der Waals surface area contributed by atoms with E-state index in [4.69, 9.17) is 4.42 Å². The molecule has 2 aromatic heterocycles. The molecule has 1 fully saturated rings. The van der Waals surface area contributed by atoms with Crippen LogP contribution in [0.25, 0.3) is 10.9 Å². The number of rotatable bonds is 3. The van der Waals surface area contributed by atoms with Crippen LogP contribution >= 0.6 is 0 Å². The Hall–Kier alpha value is -3.20. The van der Waals surface area contributed by atoms with Crippen LogP contribution in [0.3, 0.4) is 0 Å². The Bertz CT molecular complexity index is 1020. The summed E-state index contributed by atoms with van der Waals surface area (Å²) in [7, 11) is 0. The Morgan fingerprint density at radius 3 is 2.89 bits per heavy atom. The van der Waals surface area contributed by atoms with Gasteiger partial charge in [0.2, 0.25) is 5.76 Å². The summed E-state index contributed by atoms with van der Waals surface area (Å²) in [6, 6.07) is 4.67. The molecule has 3 heterocycles. The zero-order valence-electron chi connectivity index (χ0n) is 14.9. The maximum atomic E-state index is 12.8. The zero-order chi connectivity index (χ0) is 19.1. The van der Waals surface area contributed by atoms with Gasteiger partial charge in [-0.05, 0) is 25.1 Å². The molecule has 1 saturated heterocycles. The molecule has 2 amide bonds. The molecule has 3 aromatic rings. The molecule has 2 atom stereocenters. The molecule has 0 saturated carbocycles. The molecule has 27 heavy (non-hydrogen) atoms. The molecule has 9 heteroatoms. The smallest absolute Gasteiger partial charge is 0.289 e. The van der Waals surface area contributed by atoms with Crippen molar-refractivity contribution in [1.29, 1.82) is 0 Å². The second kappa shape index (κ2) is 6.51. The lowest BCUT2D eigenvalue weighted by Gasteiger charge is -2.16. The number of aromatic nitrogens is 3. The molecule has 0 bridgehead atoms. The number of nitrogens with zero attached hydrogens (tertiary/aromatic N) is 3. The Morgan fingerprint density at radius 1 is 1.33 bits per heavy atom. The molecule has 0 radical (unpaired) electrons. The van der Waals surface area contributed by atoms with E-state index in [0.29, 0.717) is 17.1 Å². The van der Waals surface area contributed by atoms with Crippen LogP contribution in [0, 0.1) is 13.8 Å². The van der Waals surface area contributed by atoms with Crippen LogP contribution in [0.5, 0.6) is 0 Å². The number of amides is 2. The van der Waals surface area contributed by atoms with Crippen molar-refractivity contribution in [3.05, 3.63) is 47.3 Å². The number of carbonyl (C=O) groups is 2. The van der Waals surface area contributed by atoms with Gasteiger partial charge in [0, 0.05) is 31.0 Å². The normalized spacial score (nSPS) is 19.6. The van der Waals surface area contributed by atoms with Gasteiger partial charge in [-0.25, -0.2) is 4.98 Å². The Kier molecular flexibility index (Phi) is 4.15. The number of aromatic amines is 1. The standard InChI is InChI=1S/C18H19N5O4/c1-9-16(27-10(2)20-9)17(25)21-14-7-23(8-15(14)24)18(26)11-3-4-13-12(5-11)6-19-22-13/h3-6,14-15,24H,7-8H2,1-2H3,(H,19,22)(H,21,25)/t14-,15-/m1/s1. The lowest BCUT2D eigenvalue weighted by molar-refractivity contribution is 0.0765. The van der Waals surface area contributed by atoms with Crippen LogP contribution in [-0.4, -0.2) is 62.2 Å². The number of H-pyrrole nitrogens is 1. The molecule has 0 unspecified atom stereocenters. The minimum absolute atomic E-state index is 0.120. The predicted molar refractivity (Wildman–Crippen MR) is 95.2 cm³/mol. The van der Waals surface area contributed by atoms with Crippen molar-refractivity contribution < 1.29 is 19.1 Å². The number of fused-ring (bicyclic) bond motifs is 1. The highest BCUT2D eigenvalue weighted by Crippen LogP contribution is 2.19. The summed E-state index contributed by atoms with van der Waals surface area (Å²) >= 11 is 0. The number of aryl methyl sites for hydroxylation is 2. The highest BCUT2D eigenvalue weighted by Gasteiger charge is 2.36. The fourth-order valence-corrected chi connectivity index (χ4v) is 3.33. The Morgan fingerprint density at radius 2 is 2.15 bits per heavy atom. The number of hydrogen-bond donors (Lipinski definition) is 3. The van der Waals surface area contributed by atoms with E-state index in [1.807, 2.05) is 0 Å². The monoisotopic (exact) mass is 369 g/mol. The third kappa shape index (κ3) is 3.17. The van der Waals surface area contributed by atoms with Gasteiger partial charge in [0.25, 0.3) is 11.8 Å². The molecule has 3 N–H and O–H groups in total. The molecule has 0 spiro atoms. The second-order valence-corrected chi connectivity index (χ2v) is 6.68. The van der Waals surface area contributed by atoms with E-state index in [-0.39, 0.29) is 24.8 Å². The van der Waals surface area contributed by atoms with E-state index in [2.05, 4.69) is 20.5 Å². The summed E-state index contributed by atoms with van der Waals surface area (Å²) in [5.41, 5.74) is 1.83. The van der Waals surface area contributed by atoms with E-state index in [9.17, 15) is 14.7 Å². The van der Waals surface area contributed by atoms with Crippen LogP contribution < -0.4 is 5.32 Å². The van der Waals surface area contributed by atoms with Crippen LogP contribution in [0.1, 0.15) is 32.5 Å². The molecule has 140 valence electrons. The lowest BCUT2D eigenvalue weighted by Crippen LogP contribution is -2.43. The van der Waals surface area contributed by atoms with Gasteiger partial charge in [-0.15, -0.1) is 0 Å². The van der Waals surface area contributed by atoms with E-state index >= 15 is 0 Å². The summed E-state index contributed by atoms with van der Waals surface area (Å²) in [6.45, 7) is 3.69. The van der Waals surface area contributed by atoms with Gasteiger partial charge >= 0.3 is 0 Å². The van der Waals surface area contributed by atoms with Crippen LogP contribution in [0.4, 0.5) is 0 Å². The number of β-amino-alcohol motifs (C(OH)–C–C–N with tert-alkyl or cyclic N) is 1. The van der Waals surface area contributed by atoms with Gasteiger partial charge in [0.05, 0.1) is 29.6 Å². The third-order valence-corrected chi connectivity index (χ3v) is 4.69. The van der Waals surface area contributed by atoms with Gasteiger partial charge < -0.3 is 19.7 Å². The number of hydrogen-bond acceptors (Lipinski definition) is 6. The van der Waals surface area contributed by atoms with Gasteiger partial charge in [-0.3, -0.25) is 14.7 Å². The highest BCUT2D eigenvalue weighted by atomic mass is 16.4. The van der Waals surface area contributed by atoms with Crippen molar-refractivity contribution in [1.82, 2.24) is 25.4 Å². The first-order valence-corrected chi connectivity index (χ1v) is 8.57. The fraction of sp³-hybridized carbons (Fsp3) is 0.333. The van der Waals surface area contributed by atoms with Crippen LogP contribution in [0.15, 0.2) is 28.8 Å². The van der Waals surface area contributed by atoms with Crippen molar-refractivity contribution in [2.24, 2.45) is 0 Å². The quantitative estimate of drug-likeness (QED) is 0.627. The zero-order valence-corrected chi connectivity index (χ0v) is 14.9. The third-order valence-electron chi connectivity index (χ3n) is 4.69. The average molecular weight is 369 g/mol. The van der Waals surface area contributed by atoms with Crippen LogP contribution in [0.2, 0.25) is 0 Å². The van der Waals surface area contributed by atoms with Crippen LogP contribution in [-0.2, 0) is 0 Å². The van der Waals surface area contributed by atoms with Gasteiger partial charge in [0.1, 0.15) is 0 Å². The lowest BCUT2D eigenvalue weighted by atomic mass is 10.1. The summed E-state index contributed by atoms with van der Waals surface area (Å²) < 4.78 is 5.30. The first kappa shape index (κ1) is 17.2. The Labute approximate surface area is 154 Å². The molecule has 1 aliphatic rings. The SMILES string of the molecule is Cc1nc(C)c(C(=O)N[C@@H]2CN(C(=O)c3ccc4[nH]ncc4c3)C[C@H]2O)o1. The van der Waals surface area contributed by atoms with Gasteiger partial charge in [-0.1, -0.05) is 0 Å². The minimum Gasteiger partial charge on any atom is -0.436 e. The van der Waals surface area contributed by atoms with E-state index in [1.54, 1.807) is 38.2 Å². The number of aliphatic hydroxyl groups excluding tert-OH is 1. The number of benzene rings is 1. The maximum absolute atomic E-state index is 12.8.